The van der Waals surface area contributed by atoms with Crippen LogP contribution in [0.4, 0.5) is 0 Å². The smallest absolute Gasteiger partial charge is 0.200 e. The SMILES string of the molecule is S=c1[nH]nc(-c2cccnc2)n1-c1ccc(Cl)cc1Br. The van der Waals surface area contributed by atoms with Crippen LogP contribution in [0.1, 0.15) is 0 Å². The van der Waals surface area contributed by atoms with Crippen molar-refractivity contribution in [2.75, 3.05) is 0 Å². The van der Waals surface area contributed by atoms with E-state index in [1.165, 1.54) is 0 Å². The van der Waals surface area contributed by atoms with Crippen molar-refractivity contribution in [3.63, 3.8) is 0 Å². The van der Waals surface area contributed by atoms with Crippen LogP contribution in [-0.4, -0.2) is 19.7 Å². The summed E-state index contributed by atoms with van der Waals surface area (Å²) in [6, 6.07) is 9.30. The van der Waals surface area contributed by atoms with E-state index < -0.39 is 0 Å². The fourth-order valence-corrected chi connectivity index (χ4v) is 2.96. The molecule has 7 heteroatoms. The molecule has 0 bridgehead atoms. The van der Waals surface area contributed by atoms with Crippen molar-refractivity contribution >= 4 is 39.7 Å². The second-order valence-corrected chi connectivity index (χ2v) is 5.70. The summed E-state index contributed by atoms with van der Waals surface area (Å²) in [5, 5.41) is 7.74. The molecule has 3 rings (SSSR count). The Balaban J connectivity index is 2.25. The minimum absolute atomic E-state index is 0.506. The van der Waals surface area contributed by atoms with E-state index >= 15 is 0 Å². The summed E-state index contributed by atoms with van der Waals surface area (Å²) in [6.45, 7) is 0. The van der Waals surface area contributed by atoms with Gasteiger partial charge < -0.3 is 0 Å². The third kappa shape index (κ3) is 2.42. The van der Waals surface area contributed by atoms with E-state index in [1.54, 1.807) is 12.4 Å². The maximum atomic E-state index is 5.98. The number of pyridine rings is 1. The standard InChI is InChI=1S/C13H8BrClN4S/c14-10-6-9(15)3-4-11(10)19-12(17-18-13(19)20)8-2-1-5-16-7-8/h1-7H,(H,18,20). The molecule has 2 aromatic heterocycles. The highest BCUT2D eigenvalue weighted by Crippen LogP contribution is 2.28. The molecule has 4 nitrogen and oxygen atoms in total. The molecule has 0 amide bonds. The molecular formula is C13H8BrClN4S. The Bertz CT molecular complexity index is 813. The zero-order valence-electron chi connectivity index (χ0n) is 10.0. The summed E-state index contributed by atoms with van der Waals surface area (Å²) >= 11 is 14.8. The van der Waals surface area contributed by atoms with Crippen molar-refractivity contribution in [1.82, 2.24) is 19.7 Å². The molecule has 20 heavy (non-hydrogen) atoms. The van der Waals surface area contributed by atoms with Crippen LogP contribution in [0.15, 0.2) is 47.2 Å². The quantitative estimate of drug-likeness (QED) is 0.683. The van der Waals surface area contributed by atoms with Crippen LogP contribution in [0.5, 0.6) is 0 Å². The van der Waals surface area contributed by atoms with Gasteiger partial charge in [-0.05, 0) is 58.5 Å². The van der Waals surface area contributed by atoms with Crippen LogP contribution in [-0.2, 0) is 0 Å². The van der Waals surface area contributed by atoms with Gasteiger partial charge in [-0.15, -0.1) is 0 Å². The molecular weight excluding hydrogens is 360 g/mol. The van der Waals surface area contributed by atoms with E-state index in [0.29, 0.717) is 15.6 Å². The number of halogens is 2. The van der Waals surface area contributed by atoms with Crippen LogP contribution in [0.2, 0.25) is 5.02 Å². The lowest BCUT2D eigenvalue weighted by molar-refractivity contribution is 1.03. The van der Waals surface area contributed by atoms with E-state index in [2.05, 4.69) is 31.1 Å². The number of hydrogen-bond acceptors (Lipinski definition) is 3. The Kier molecular flexibility index (Phi) is 3.69. The molecule has 1 N–H and O–H groups in total. The molecule has 0 spiro atoms. The molecule has 0 aliphatic rings. The molecule has 100 valence electrons. The van der Waals surface area contributed by atoms with Gasteiger partial charge in [0.2, 0.25) is 0 Å². The predicted octanol–water partition coefficient (Wildman–Crippen LogP) is 4.41. The summed E-state index contributed by atoms with van der Waals surface area (Å²) in [7, 11) is 0. The fourth-order valence-electron chi connectivity index (χ4n) is 1.87. The molecule has 3 aromatic rings. The van der Waals surface area contributed by atoms with Crippen LogP contribution in [0.3, 0.4) is 0 Å². The molecule has 0 saturated carbocycles. The van der Waals surface area contributed by atoms with Gasteiger partial charge in [-0.25, -0.2) is 0 Å². The maximum Gasteiger partial charge on any atom is 0.200 e. The molecule has 0 radical (unpaired) electrons. The minimum atomic E-state index is 0.506. The van der Waals surface area contributed by atoms with Gasteiger partial charge in [0.05, 0.1) is 5.69 Å². The Morgan fingerprint density at radius 3 is 2.85 bits per heavy atom. The molecule has 0 unspecified atom stereocenters. The highest BCUT2D eigenvalue weighted by molar-refractivity contribution is 9.10. The lowest BCUT2D eigenvalue weighted by atomic mass is 10.2. The van der Waals surface area contributed by atoms with Gasteiger partial charge >= 0.3 is 0 Å². The number of H-pyrrole nitrogens is 1. The third-order valence-electron chi connectivity index (χ3n) is 2.74. The van der Waals surface area contributed by atoms with Gasteiger partial charge in [0.25, 0.3) is 0 Å². The Morgan fingerprint density at radius 1 is 1.30 bits per heavy atom. The van der Waals surface area contributed by atoms with Crippen molar-refractivity contribution in [1.29, 1.82) is 0 Å². The van der Waals surface area contributed by atoms with E-state index in [9.17, 15) is 0 Å². The summed E-state index contributed by atoms with van der Waals surface area (Å²) in [5.74, 6) is 0.700. The van der Waals surface area contributed by atoms with Crippen LogP contribution in [0, 0.1) is 4.77 Å². The first-order valence-electron chi connectivity index (χ1n) is 5.70. The lowest BCUT2D eigenvalue weighted by Crippen LogP contribution is -1.99. The molecule has 0 aliphatic carbocycles. The first-order valence-corrected chi connectivity index (χ1v) is 7.28. The topological polar surface area (TPSA) is 46.5 Å². The molecule has 1 aromatic carbocycles. The number of hydrogen-bond donors (Lipinski definition) is 1. The van der Waals surface area contributed by atoms with Crippen LogP contribution >= 0.6 is 39.7 Å². The monoisotopic (exact) mass is 366 g/mol. The third-order valence-corrected chi connectivity index (χ3v) is 3.89. The van der Waals surface area contributed by atoms with Crippen molar-refractivity contribution in [2.45, 2.75) is 0 Å². The second-order valence-electron chi connectivity index (χ2n) is 4.03. The number of aromatic nitrogens is 4. The lowest BCUT2D eigenvalue weighted by Gasteiger charge is -2.09. The molecule has 2 heterocycles. The van der Waals surface area contributed by atoms with Crippen molar-refractivity contribution in [3.8, 4) is 17.1 Å². The van der Waals surface area contributed by atoms with Gasteiger partial charge in [0.15, 0.2) is 10.6 Å². The zero-order chi connectivity index (χ0) is 14.1. The Morgan fingerprint density at radius 2 is 2.15 bits per heavy atom. The molecule has 0 saturated heterocycles. The van der Waals surface area contributed by atoms with Crippen LogP contribution in [0.25, 0.3) is 17.1 Å². The summed E-state index contributed by atoms with van der Waals surface area (Å²) in [6.07, 6.45) is 3.46. The second kappa shape index (κ2) is 5.47. The number of rotatable bonds is 2. The van der Waals surface area contributed by atoms with Gasteiger partial charge in [-0.1, -0.05) is 11.6 Å². The number of nitrogens with one attached hydrogen (secondary N) is 1. The number of benzene rings is 1. The van der Waals surface area contributed by atoms with Crippen molar-refractivity contribution in [3.05, 3.63) is 57.0 Å². The fraction of sp³-hybridized carbons (Fsp3) is 0. The van der Waals surface area contributed by atoms with E-state index in [-0.39, 0.29) is 0 Å². The van der Waals surface area contributed by atoms with E-state index in [4.69, 9.17) is 23.8 Å². The predicted molar refractivity (Wildman–Crippen MR) is 84.7 cm³/mol. The summed E-state index contributed by atoms with van der Waals surface area (Å²) < 4.78 is 3.19. The molecule has 0 aliphatic heterocycles. The minimum Gasteiger partial charge on any atom is -0.267 e. The molecule has 0 atom stereocenters. The van der Waals surface area contributed by atoms with Crippen LogP contribution < -0.4 is 0 Å². The first kappa shape index (κ1) is 13.5. The maximum absolute atomic E-state index is 5.98. The Labute approximate surface area is 133 Å². The highest BCUT2D eigenvalue weighted by atomic mass is 79.9. The number of aromatic amines is 1. The largest absolute Gasteiger partial charge is 0.267 e. The Hall–Kier alpha value is -1.50. The van der Waals surface area contributed by atoms with Gasteiger partial charge in [0, 0.05) is 27.5 Å². The first-order chi connectivity index (χ1) is 9.66. The summed E-state index contributed by atoms with van der Waals surface area (Å²) in [4.78, 5) is 4.11. The van der Waals surface area contributed by atoms with Gasteiger partial charge in [0.1, 0.15) is 0 Å². The van der Waals surface area contributed by atoms with Crippen molar-refractivity contribution < 1.29 is 0 Å². The van der Waals surface area contributed by atoms with E-state index in [1.807, 2.05) is 34.9 Å². The summed E-state index contributed by atoms with van der Waals surface area (Å²) in [5.41, 5.74) is 1.74. The average Bonchev–Trinajstić information content (AvgIpc) is 2.82. The zero-order valence-corrected chi connectivity index (χ0v) is 13.2. The van der Waals surface area contributed by atoms with E-state index in [0.717, 1.165) is 15.7 Å². The molecule has 0 fully saturated rings. The average molecular weight is 368 g/mol. The van der Waals surface area contributed by atoms with Crippen molar-refractivity contribution in [2.24, 2.45) is 0 Å². The normalized spacial score (nSPS) is 10.7. The van der Waals surface area contributed by atoms with Gasteiger partial charge in [-0.3, -0.25) is 14.6 Å². The highest BCUT2D eigenvalue weighted by Gasteiger charge is 2.13. The number of nitrogens with zero attached hydrogens (tertiary/aromatic N) is 3. The van der Waals surface area contributed by atoms with Gasteiger partial charge in [-0.2, -0.15) is 5.10 Å².